The lowest BCUT2D eigenvalue weighted by atomic mass is 9.96. The van der Waals surface area contributed by atoms with Crippen molar-refractivity contribution in [3.8, 4) is 5.75 Å². The van der Waals surface area contributed by atoms with E-state index in [0.717, 1.165) is 6.29 Å². The van der Waals surface area contributed by atoms with Crippen molar-refractivity contribution < 1.29 is 14.3 Å². The summed E-state index contributed by atoms with van der Waals surface area (Å²) in [5.41, 5.74) is 0.515. The highest BCUT2D eigenvalue weighted by molar-refractivity contribution is 5.79. The quantitative estimate of drug-likeness (QED) is 0.694. The highest BCUT2D eigenvalue weighted by Crippen LogP contribution is 2.21. The van der Waals surface area contributed by atoms with E-state index in [1.54, 1.807) is 19.2 Å². The molecule has 88 valence electrons. The molecule has 0 saturated heterocycles. The van der Waals surface area contributed by atoms with Crippen LogP contribution in [0.2, 0.25) is 0 Å². The number of hydrogen-bond donors (Lipinski definition) is 0. The number of hydrogen-bond acceptors (Lipinski definition) is 3. The van der Waals surface area contributed by atoms with Crippen molar-refractivity contribution in [1.29, 1.82) is 0 Å². The maximum atomic E-state index is 10.8. The number of ether oxygens (including phenoxy) is 2. The van der Waals surface area contributed by atoms with Crippen LogP contribution in [0.3, 0.4) is 0 Å². The molecule has 1 aromatic rings. The zero-order chi connectivity index (χ0) is 12.0. The molecular weight excluding hydrogens is 204 g/mol. The van der Waals surface area contributed by atoms with Crippen molar-refractivity contribution in [2.45, 2.75) is 13.8 Å². The molecule has 0 radical (unpaired) electrons. The number of carbonyl (C=O) groups excluding carboxylic acids is 1. The zero-order valence-electron chi connectivity index (χ0n) is 10.0. The lowest BCUT2D eigenvalue weighted by Crippen LogP contribution is -2.26. The van der Waals surface area contributed by atoms with Crippen LogP contribution in [0, 0.1) is 5.41 Å². The third kappa shape index (κ3) is 3.66. The van der Waals surface area contributed by atoms with Crippen LogP contribution >= 0.6 is 0 Å². The van der Waals surface area contributed by atoms with Gasteiger partial charge in [-0.2, -0.15) is 0 Å². The number of rotatable bonds is 6. The summed E-state index contributed by atoms with van der Waals surface area (Å²) in [6.45, 7) is 5.25. The molecule has 0 atom stereocenters. The maximum absolute atomic E-state index is 10.8. The van der Waals surface area contributed by atoms with Crippen molar-refractivity contribution in [3.05, 3.63) is 29.8 Å². The van der Waals surface area contributed by atoms with Gasteiger partial charge in [0, 0.05) is 12.5 Å². The molecule has 0 N–H and O–H groups in total. The van der Waals surface area contributed by atoms with Gasteiger partial charge in [0.2, 0.25) is 0 Å². The first-order valence-corrected chi connectivity index (χ1v) is 5.25. The van der Waals surface area contributed by atoms with Crippen molar-refractivity contribution in [2.75, 3.05) is 20.3 Å². The molecule has 0 aromatic heterocycles. The van der Waals surface area contributed by atoms with Gasteiger partial charge in [0.1, 0.15) is 5.75 Å². The van der Waals surface area contributed by atoms with E-state index < -0.39 is 0 Å². The van der Waals surface area contributed by atoms with Gasteiger partial charge in [-0.1, -0.05) is 26.0 Å². The van der Waals surface area contributed by atoms with E-state index in [0.29, 0.717) is 24.5 Å². The molecule has 1 rings (SSSR count). The molecule has 1 aromatic carbocycles. The molecule has 16 heavy (non-hydrogen) atoms. The van der Waals surface area contributed by atoms with Crippen LogP contribution in [-0.4, -0.2) is 26.6 Å². The van der Waals surface area contributed by atoms with E-state index in [4.69, 9.17) is 9.47 Å². The molecule has 0 saturated carbocycles. The van der Waals surface area contributed by atoms with Crippen molar-refractivity contribution in [1.82, 2.24) is 0 Å². The van der Waals surface area contributed by atoms with E-state index in [-0.39, 0.29) is 5.41 Å². The lowest BCUT2D eigenvalue weighted by molar-refractivity contribution is 0.0640. The Balaban J connectivity index is 2.63. The molecule has 0 aliphatic heterocycles. The molecule has 0 bridgehead atoms. The Kier molecular flexibility index (Phi) is 4.50. The van der Waals surface area contributed by atoms with Gasteiger partial charge in [-0.25, -0.2) is 0 Å². The van der Waals surface area contributed by atoms with Crippen LogP contribution in [0.15, 0.2) is 24.3 Å². The number of para-hydroxylation sites is 1. The van der Waals surface area contributed by atoms with E-state index in [9.17, 15) is 4.79 Å². The molecule has 0 spiro atoms. The number of methoxy groups -OCH3 is 1. The second-order valence-corrected chi connectivity index (χ2v) is 4.54. The largest absolute Gasteiger partial charge is 0.492 e. The predicted molar refractivity (Wildman–Crippen MR) is 63.0 cm³/mol. The van der Waals surface area contributed by atoms with Gasteiger partial charge in [-0.15, -0.1) is 0 Å². The summed E-state index contributed by atoms with van der Waals surface area (Å²) >= 11 is 0. The van der Waals surface area contributed by atoms with Gasteiger partial charge in [0.15, 0.2) is 6.29 Å². The molecule has 0 amide bonds. The van der Waals surface area contributed by atoms with Crippen LogP contribution in [0.1, 0.15) is 24.2 Å². The lowest BCUT2D eigenvalue weighted by Gasteiger charge is -2.23. The first kappa shape index (κ1) is 12.7. The zero-order valence-corrected chi connectivity index (χ0v) is 10.0. The molecular formula is C13H18O3. The summed E-state index contributed by atoms with van der Waals surface area (Å²) < 4.78 is 10.7. The number of carbonyl (C=O) groups is 1. The molecule has 0 aliphatic carbocycles. The Morgan fingerprint density at radius 3 is 2.56 bits per heavy atom. The first-order valence-electron chi connectivity index (χ1n) is 5.25. The van der Waals surface area contributed by atoms with Crippen LogP contribution in [0.25, 0.3) is 0 Å². The standard InChI is InChI=1S/C13H18O3/c1-13(2,9-15-3)10-16-12-7-5-4-6-11(12)8-14/h4-8H,9-10H2,1-3H3. The number of benzene rings is 1. The second kappa shape index (κ2) is 5.66. The highest BCUT2D eigenvalue weighted by atomic mass is 16.5. The summed E-state index contributed by atoms with van der Waals surface area (Å²) in [5.74, 6) is 0.627. The Morgan fingerprint density at radius 2 is 1.94 bits per heavy atom. The average Bonchev–Trinajstić information content (AvgIpc) is 2.27. The van der Waals surface area contributed by atoms with Gasteiger partial charge in [-0.05, 0) is 12.1 Å². The first-order chi connectivity index (χ1) is 7.59. The smallest absolute Gasteiger partial charge is 0.153 e. The van der Waals surface area contributed by atoms with E-state index in [2.05, 4.69) is 13.8 Å². The van der Waals surface area contributed by atoms with E-state index in [1.807, 2.05) is 12.1 Å². The average molecular weight is 222 g/mol. The third-order valence-corrected chi connectivity index (χ3v) is 2.20. The molecule has 3 nitrogen and oxygen atoms in total. The van der Waals surface area contributed by atoms with Crippen LogP contribution in [0.5, 0.6) is 5.75 Å². The second-order valence-electron chi connectivity index (χ2n) is 4.54. The monoisotopic (exact) mass is 222 g/mol. The highest BCUT2D eigenvalue weighted by Gasteiger charge is 2.19. The fourth-order valence-electron chi connectivity index (χ4n) is 1.41. The van der Waals surface area contributed by atoms with Crippen LogP contribution in [-0.2, 0) is 4.74 Å². The molecule has 0 fully saturated rings. The Labute approximate surface area is 96.4 Å². The fourth-order valence-corrected chi connectivity index (χ4v) is 1.41. The number of aldehydes is 1. The SMILES string of the molecule is COCC(C)(C)COc1ccccc1C=O. The summed E-state index contributed by atoms with van der Waals surface area (Å²) in [4.78, 5) is 10.8. The molecule has 0 heterocycles. The van der Waals surface area contributed by atoms with Gasteiger partial charge in [0.05, 0.1) is 18.8 Å². The van der Waals surface area contributed by atoms with Crippen molar-refractivity contribution in [2.24, 2.45) is 5.41 Å². The summed E-state index contributed by atoms with van der Waals surface area (Å²) in [5, 5.41) is 0. The third-order valence-electron chi connectivity index (χ3n) is 2.20. The predicted octanol–water partition coefficient (Wildman–Crippen LogP) is 2.55. The molecule has 0 unspecified atom stereocenters. The van der Waals surface area contributed by atoms with Gasteiger partial charge in [-0.3, -0.25) is 4.79 Å². The van der Waals surface area contributed by atoms with Crippen LogP contribution < -0.4 is 4.74 Å². The molecule has 0 aliphatic rings. The normalized spacial score (nSPS) is 11.2. The Morgan fingerprint density at radius 1 is 1.25 bits per heavy atom. The van der Waals surface area contributed by atoms with Crippen molar-refractivity contribution in [3.63, 3.8) is 0 Å². The summed E-state index contributed by atoms with van der Waals surface area (Å²) in [6, 6.07) is 7.21. The Hall–Kier alpha value is -1.35. The van der Waals surface area contributed by atoms with Gasteiger partial charge in [0.25, 0.3) is 0 Å². The Bertz CT molecular complexity index is 345. The minimum atomic E-state index is -0.0647. The maximum Gasteiger partial charge on any atom is 0.153 e. The molecule has 3 heteroatoms. The van der Waals surface area contributed by atoms with Crippen LogP contribution in [0.4, 0.5) is 0 Å². The topological polar surface area (TPSA) is 35.5 Å². The minimum absolute atomic E-state index is 0.0647. The van der Waals surface area contributed by atoms with Gasteiger partial charge >= 0.3 is 0 Å². The minimum Gasteiger partial charge on any atom is -0.492 e. The summed E-state index contributed by atoms with van der Waals surface area (Å²) in [7, 11) is 1.67. The van der Waals surface area contributed by atoms with E-state index in [1.165, 1.54) is 0 Å². The van der Waals surface area contributed by atoms with Gasteiger partial charge < -0.3 is 9.47 Å². The summed E-state index contributed by atoms with van der Waals surface area (Å²) in [6.07, 6.45) is 0.804. The van der Waals surface area contributed by atoms with Crippen molar-refractivity contribution >= 4 is 6.29 Å². The fraction of sp³-hybridized carbons (Fsp3) is 0.462. The van der Waals surface area contributed by atoms with E-state index >= 15 is 0 Å².